The third kappa shape index (κ3) is 2.60. The lowest BCUT2D eigenvalue weighted by Gasteiger charge is -2.27. The van der Waals surface area contributed by atoms with Crippen molar-refractivity contribution in [3.05, 3.63) is 11.1 Å². The highest BCUT2D eigenvalue weighted by Crippen LogP contribution is 2.33. The predicted octanol–water partition coefficient (Wildman–Crippen LogP) is 2.54. The third-order valence-electron chi connectivity index (χ3n) is 3.35. The van der Waals surface area contributed by atoms with E-state index in [2.05, 4.69) is 23.7 Å². The molecule has 2 rings (SSSR count). The first-order valence-electron chi connectivity index (χ1n) is 6.06. The van der Waals surface area contributed by atoms with Crippen LogP contribution in [0.3, 0.4) is 0 Å². The van der Waals surface area contributed by atoms with Gasteiger partial charge in [-0.25, -0.2) is 4.98 Å². The summed E-state index contributed by atoms with van der Waals surface area (Å²) in [5.74, 6) is -0.816. The minimum absolute atomic E-state index is 0.0233. The number of anilines is 1. The summed E-state index contributed by atoms with van der Waals surface area (Å²) in [6.07, 6.45) is 3.56. The molecule has 4 nitrogen and oxygen atoms in total. The molecule has 0 bridgehead atoms. The molecule has 0 aliphatic carbocycles. The molecule has 0 spiro atoms. The normalized spacial score (nSPS) is 24.2. The van der Waals surface area contributed by atoms with Crippen LogP contribution < -0.4 is 4.90 Å². The lowest BCUT2D eigenvalue weighted by atomic mass is 10.2. The Kier molecular flexibility index (Phi) is 3.66. The van der Waals surface area contributed by atoms with Gasteiger partial charge in [0.1, 0.15) is 0 Å². The molecule has 1 saturated heterocycles. The van der Waals surface area contributed by atoms with Crippen LogP contribution in [0.25, 0.3) is 0 Å². The van der Waals surface area contributed by atoms with Crippen LogP contribution in [0.2, 0.25) is 0 Å². The van der Waals surface area contributed by atoms with Crippen molar-refractivity contribution in [3.8, 4) is 0 Å². The van der Waals surface area contributed by atoms with E-state index in [1.165, 1.54) is 12.8 Å². The number of aliphatic carboxylic acids is 1. The lowest BCUT2D eigenvalue weighted by Crippen LogP contribution is -2.33. The zero-order chi connectivity index (χ0) is 12.4. The third-order valence-corrected chi connectivity index (χ3v) is 4.25. The minimum Gasteiger partial charge on any atom is -0.481 e. The van der Waals surface area contributed by atoms with Crippen LogP contribution in [0.5, 0.6) is 0 Å². The van der Waals surface area contributed by atoms with Crippen molar-refractivity contribution in [3.63, 3.8) is 0 Å². The van der Waals surface area contributed by atoms with Gasteiger partial charge in [0.2, 0.25) is 0 Å². The van der Waals surface area contributed by atoms with Gasteiger partial charge in [0.05, 0.1) is 12.1 Å². The Morgan fingerprint density at radius 3 is 3.06 bits per heavy atom. The number of carboxylic acid groups (broad SMARTS) is 1. The highest BCUT2D eigenvalue weighted by molar-refractivity contribution is 7.13. The van der Waals surface area contributed by atoms with Crippen molar-refractivity contribution in [2.45, 2.75) is 51.6 Å². The summed E-state index contributed by atoms with van der Waals surface area (Å²) >= 11 is 1.56. The van der Waals surface area contributed by atoms with Gasteiger partial charge in [0.25, 0.3) is 0 Å². The highest BCUT2D eigenvalue weighted by Gasteiger charge is 2.31. The van der Waals surface area contributed by atoms with Crippen LogP contribution in [0.4, 0.5) is 5.13 Å². The predicted molar refractivity (Wildman–Crippen MR) is 68.7 cm³/mol. The number of carbonyl (C=O) groups is 1. The number of thiazole rings is 1. The molecule has 0 radical (unpaired) electrons. The molecule has 94 valence electrons. The first kappa shape index (κ1) is 12.4. The summed E-state index contributed by atoms with van der Waals surface area (Å²) in [4.78, 5) is 17.4. The molecule has 2 atom stereocenters. The summed E-state index contributed by atoms with van der Waals surface area (Å²) in [7, 11) is 0. The molecule has 0 aromatic carbocycles. The minimum atomic E-state index is -0.816. The number of rotatable bonds is 4. The first-order chi connectivity index (χ1) is 8.11. The number of hydrogen-bond donors (Lipinski definition) is 1. The van der Waals surface area contributed by atoms with Crippen molar-refractivity contribution < 1.29 is 9.90 Å². The Morgan fingerprint density at radius 1 is 1.65 bits per heavy atom. The second kappa shape index (κ2) is 5.04. The fourth-order valence-corrected chi connectivity index (χ4v) is 3.47. The van der Waals surface area contributed by atoms with E-state index in [1.54, 1.807) is 11.3 Å². The molecular weight excluding hydrogens is 236 g/mol. The Bertz CT molecular complexity index is 405. The first-order valence-corrected chi connectivity index (χ1v) is 6.94. The number of nitrogens with zero attached hydrogens (tertiary/aromatic N) is 2. The summed E-state index contributed by atoms with van der Waals surface area (Å²) in [5, 5.41) is 11.6. The van der Waals surface area contributed by atoms with E-state index in [-0.39, 0.29) is 6.42 Å². The van der Waals surface area contributed by atoms with Gasteiger partial charge in [0, 0.05) is 17.5 Å². The van der Waals surface area contributed by atoms with Gasteiger partial charge >= 0.3 is 5.97 Å². The van der Waals surface area contributed by atoms with Gasteiger partial charge in [-0.2, -0.15) is 0 Å². The van der Waals surface area contributed by atoms with E-state index in [0.29, 0.717) is 17.8 Å². The van der Waals surface area contributed by atoms with Crippen LogP contribution in [0.1, 0.15) is 38.8 Å². The van der Waals surface area contributed by atoms with E-state index >= 15 is 0 Å². The molecule has 2 heterocycles. The summed E-state index contributed by atoms with van der Waals surface area (Å²) in [5.41, 5.74) is 0.673. The van der Waals surface area contributed by atoms with Crippen molar-refractivity contribution in [1.29, 1.82) is 0 Å². The quantitative estimate of drug-likeness (QED) is 0.897. The molecule has 5 heteroatoms. The molecule has 1 aromatic heterocycles. The van der Waals surface area contributed by atoms with Crippen molar-refractivity contribution >= 4 is 22.4 Å². The molecular formula is C12H18N2O2S. The van der Waals surface area contributed by atoms with Gasteiger partial charge in [-0.05, 0) is 26.2 Å². The largest absolute Gasteiger partial charge is 0.481 e. The van der Waals surface area contributed by atoms with Crippen LogP contribution >= 0.6 is 11.3 Å². The molecule has 1 fully saturated rings. The average molecular weight is 254 g/mol. The van der Waals surface area contributed by atoms with E-state index in [0.717, 1.165) is 11.6 Å². The highest BCUT2D eigenvalue weighted by atomic mass is 32.1. The average Bonchev–Trinajstić information content (AvgIpc) is 2.83. The second-order valence-electron chi connectivity index (χ2n) is 4.59. The summed E-state index contributed by atoms with van der Waals surface area (Å²) in [6.45, 7) is 4.41. The molecule has 1 N–H and O–H groups in total. The Labute approximate surface area is 105 Å². The molecule has 0 saturated carbocycles. The van der Waals surface area contributed by atoms with Crippen LogP contribution in [0.15, 0.2) is 5.38 Å². The maximum absolute atomic E-state index is 10.6. The zero-order valence-electron chi connectivity index (χ0n) is 10.2. The molecule has 1 aliphatic heterocycles. The number of hydrogen-bond acceptors (Lipinski definition) is 4. The zero-order valence-corrected chi connectivity index (χ0v) is 11.0. The monoisotopic (exact) mass is 254 g/mol. The fraction of sp³-hybridized carbons (Fsp3) is 0.667. The molecule has 2 unspecified atom stereocenters. The topological polar surface area (TPSA) is 53.4 Å². The van der Waals surface area contributed by atoms with E-state index in [4.69, 9.17) is 5.11 Å². The van der Waals surface area contributed by atoms with Crippen molar-refractivity contribution in [2.75, 3.05) is 4.90 Å². The van der Waals surface area contributed by atoms with E-state index in [9.17, 15) is 4.79 Å². The van der Waals surface area contributed by atoms with Gasteiger partial charge < -0.3 is 10.0 Å². The SMILES string of the molecule is CCC1CCC(C)N1c1nc(CC(=O)O)cs1. The van der Waals surface area contributed by atoms with E-state index < -0.39 is 5.97 Å². The van der Waals surface area contributed by atoms with Gasteiger partial charge in [-0.1, -0.05) is 6.92 Å². The Balaban J connectivity index is 2.15. The Morgan fingerprint density at radius 2 is 2.41 bits per heavy atom. The smallest absolute Gasteiger partial charge is 0.309 e. The fourth-order valence-electron chi connectivity index (χ4n) is 2.47. The van der Waals surface area contributed by atoms with Crippen LogP contribution in [-0.2, 0) is 11.2 Å². The summed E-state index contributed by atoms with van der Waals surface area (Å²) < 4.78 is 0. The van der Waals surface area contributed by atoms with Crippen molar-refractivity contribution in [2.24, 2.45) is 0 Å². The molecule has 17 heavy (non-hydrogen) atoms. The van der Waals surface area contributed by atoms with Crippen LogP contribution in [0, 0.1) is 0 Å². The molecule has 1 aliphatic rings. The Hall–Kier alpha value is -1.10. The van der Waals surface area contributed by atoms with E-state index in [1.807, 2.05) is 5.38 Å². The van der Waals surface area contributed by atoms with Gasteiger partial charge in [-0.15, -0.1) is 11.3 Å². The molecule has 1 aromatic rings. The standard InChI is InChI=1S/C12H18N2O2S/c1-3-10-5-4-8(2)14(10)12-13-9(7-17-12)6-11(15)16/h7-8,10H,3-6H2,1-2H3,(H,15,16). The second-order valence-corrected chi connectivity index (χ2v) is 5.42. The van der Waals surface area contributed by atoms with Gasteiger partial charge in [0.15, 0.2) is 5.13 Å². The van der Waals surface area contributed by atoms with Crippen LogP contribution in [-0.4, -0.2) is 28.1 Å². The molecule has 0 amide bonds. The maximum atomic E-state index is 10.6. The van der Waals surface area contributed by atoms with Gasteiger partial charge in [-0.3, -0.25) is 4.79 Å². The maximum Gasteiger partial charge on any atom is 0.309 e. The number of carboxylic acids is 1. The number of aromatic nitrogens is 1. The lowest BCUT2D eigenvalue weighted by molar-refractivity contribution is -0.136. The van der Waals surface area contributed by atoms with Crippen molar-refractivity contribution in [1.82, 2.24) is 4.98 Å². The summed E-state index contributed by atoms with van der Waals surface area (Å²) in [6, 6.07) is 1.08.